The van der Waals surface area contributed by atoms with Gasteiger partial charge in [-0.15, -0.1) is 0 Å². The Hall–Kier alpha value is -1.98. The molecule has 3 N–H and O–H groups in total. The van der Waals surface area contributed by atoms with Crippen LogP contribution in [0.4, 0.5) is 5.82 Å². The summed E-state index contributed by atoms with van der Waals surface area (Å²) in [5, 5.41) is 0. The van der Waals surface area contributed by atoms with E-state index in [0.29, 0.717) is 17.6 Å². The zero-order valence-electron chi connectivity index (χ0n) is 12.3. The molecule has 1 aromatic carbocycles. The Balaban J connectivity index is 2.10. The first kappa shape index (κ1) is 14.0. The normalized spacial score (nSPS) is 15.8. The largest absolute Gasteiger partial charge is 0.373 e. The van der Waals surface area contributed by atoms with Gasteiger partial charge >= 0.3 is 0 Å². The summed E-state index contributed by atoms with van der Waals surface area (Å²) in [5.74, 6) is 7.50. The maximum atomic E-state index is 5.62. The van der Waals surface area contributed by atoms with E-state index in [4.69, 9.17) is 15.6 Å². The van der Waals surface area contributed by atoms with Crippen LogP contribution < -0.4 is 11.3 Å². The zero-order valence-corrected chi connectivity index (χ0v) is 12.3. The molecule has 1 aromatic heterocycles. The van der Waals surface area contributed by atoms with Crippen LogP contribution in [-0.4, -0.2) is 17.1 Å². The molecule has 21 heavy (non-hydrogen) atoms. The second-order valence-electron chi connectivity index (χ2n) is 5.41. The molecule has 1 saturated carbocycles. The van der Waals surface area contributed by atoms with Gasteiger partial charge in [-0.05, 0) is 25.7 Å². The number of rotatable bonds is 5. The molecule has 1 aliphatic rings. The van der Waals surface area contributed by atoms with Crippen molar-refractivity contribution in [2.45, 2.75) is 25.9 Å². The third-order valence-corrected chi connectivity index (χ3v) is 3.91. The molecule has 1 heterocycles. The molecule has 1 unspecified atom stereocenters. The lowest BCUT2D eigenvalue weighted by Crippen LogP contribution is -2.16. The number of ether oxygens (including phenoxy) is 1. The quantitative estimate of drug-likeness (QED) is 0.652. The highest BCUT2D eigenvalue weighted by atomic mass is 16.5. The van der Waals surface area contributed by atoms with E-state index in [1.165, 1.54) is 12.8 Å². The SMILES string of the molecule is COC(c1nc(NN)c(C)c(-c2ccccc2)n1)C1CC1. The number of benzene rings is 1. The molecule has 0 spiro atoms. The molecule has 1 aliphatic carbocycles. The fourth-order valence-electron chi connectivity index (χ4n) is 2.59. The van der Waals surface area contributed by atoms with E-state index in [9.17, 15) is 0 Å². The highest BCUT2D eigenvalue weighted by Gasteiger charge is 2.35. The van der Waals surface area contributed by atoms with Gasteiger partial charge in [-0.25, -0.2) is 15.8 Å². The molecule has 0 aliphatic heterocycles. The number of hydrogen-bond donors (Lipinski definition) is 2. The van der Waals surface area contributed by atoms with E-state index in [-0.39, 0.29) is 6.10 Å². The van der Waals surface area contributed by atoms with Crippen molar-refractivity contribution in [3.8, 4) is 11.3 Å². The van der Waals surface area contributed by atoms with Gasteiger partial charge in [0.1, 0.15) is 11.9 Å². The summed E-state index contributed by atoms with van der Waals surface area (Å²) in [6.45, 7) is 1.97. The van der Waals surface area contributed by atoms with Crippen LogP contribution in [0.25, 0.3) is 11.3 Å². The number of hydrogen-bond acceptors (Lipinski definition) is 5. The van der Waals surface area contributed by atoms with E-state index in [1.807, 2.05) is 37.3 Å². The second kappa shape index (κ2) is 5.79. The van der Waals surface area contributed by atoms with Gasteiger partial charge in [0.2, 0.25) is 0 Å². The number of anilines is 1. The molecule has 0 saturated heterocycles. The van der Waals surface area contributed by atoms with Crippen molar-refractivity contribution in [3.63, 3.8) is 0 Å². The van der Waals surface area contributed by atoms with E-state index in [0.717, 1.165) is 16.8 Å². The Morgan fingerprint density at radius 1 is 1.24 bits per heavy atom. The summed E-state index contributed by atoms with van der Waals surface area (Å²) in [6.07, 6.45) is 2.28. The molecule has 5 nitrogen and oxygen atoms in total. The predicted molar refractivity (Wildman–Crippen MR) is 82.5 cm³/mol. The Morgan fingerprint density at radius 3 is 2.52 bits per heavy atom. The third kappa shape index (κ3) is 2.75. The molecule has 110 valence electrons. The van der Waals surface area contributed by atoms with Gasteiger partial charge in [-0.3, -0.25) is 0 Å². The third-order valence-electron chi connectivity index (χ3n) is 3.91. The first-order valence-corrected chi connectivity index (χ1v) is 7.18. The lowest BCUT2D eigenvalue weighted by Gasteiger charge is -2.17. The first-order valence-electron chi connectivity index (χ1n) is 7.18. The van der Waals surface area contributed by atoms with Gasteiger partial charge in [0, 0.05) is 18.2 Å². The van der Waals surface area contributed by atoms with Gasteiger partial charge in [0.15, 0.2) is 5.82 Å². The lowest BCUT2D eigenvalue weighted by molar-refractivity contribution is 0.0774. The Kier molecular flexibility index (Phi) is 3.86. The topological polar surface area (TPSA) is 73.1 Å². The van der Waals surface area contributed by atoms with Crippen LogP contribution in [0.5, 0.6) is 0 Å². The molecule has 0 radical (unpaired) electrons. The fourth-order valence-corrected chi connectivity index (χ4v) is 2.59. The van der Waals surface area contributed by atoms with Gasteiger partial charge in [0.25, 0.3) is 0 Å². The van der Waals surface area contributed by atoms with Gasteiger partial charge < -0.3 is 10.2 Å². The molecular formula is C16H20N4O. The van der Waals surface area contributed by atoms with Crippen molar-refractivity contribution < 1.29 is 4.74 Å². The van der Waals surface area contributed by atoms with Crippen LogP contribution in [0.3, 0.4) is 0 Å². The summed E-state index contributed by atoms with van der Waals surface area (Å²) in [4.78, 5) is 9.29. The molecule has 2 aromatic rings. The average Bonchev–Trinajstić information content (AvgIpc) is 3.35. The highest BCUT2D eigenvalue weighted by molar-refractivity contribution is 5.67. The van der Waals surface area contributed by atoms with Crippen molar-refractivity contribution in [3.05, 3.63) is 41.7 Å². The lowest BCUT2D eigenvalue weighted by atomic mass is 10.1. The van der Waals surface area contributed by atoms with Crippen molar-refractivity contribution in [1.29, 1.82) is 0 Å². The maximum absolute atomic E-state index is 5.62. The van der Waals surface area contributed by atoms with Crippen LogP contribution in [0, 0.1) is 12.8 Å². The van der Waals surface area contributed by atoms with Gasteiger partial charge in [-0.1, -0.05) is 30.3 Å². The van der Waals surface area contributed by atoms with Crippen molar-refractivity contribution in [2.75, 3.05) is 12.5 Å². The number of hydrazine groups is 1. The maximum Gasteiger partial charge on any atom is 0.160 e. The second-order valence-corrected chi connectivity index (χ2v) is 5.41. The van der Waals surface area contributed by atoms with Crippen molar-refractivity contribution >= 4 is 5.82 Å². The predicted octanol–water partition coefficient (Wildman–Crippen LogP) is 2.84. The fraction of sp³-hybridized carbons (Fsp3) is 0.375. The highest BCUT2D eigenvalue weighted by Crippen LogP contribution is 2.42. The minimum atomic E-state index is -0.0554. The molecular weight excluding hydrogens is 264 g/mol. The Labute approximate surface area is 124 Å². The zero-order chi connectivity index (χ0) is 14.8. The summed E-state index contributed by atoms with van der Waals surface area (Å²) < 4.78 is 5.60. The average molecular weight is 284 g/mol. The minimum absolute atomic E-state index is 0.0554. The number of aromatic nitrogens is 2. The monoisotopic (exact) mass is 284 g/mol. The van der Waals surface area contributed by atoms with Crippen LogP contribution >= 0.6 is 0 Å². The first-order chi connectivity index (χ1) is 10.2. The van der Waals surface area contributed by atoms with Gasteiger partial charge in [0.05, 0.1) is 5.69 Å². The molecule has 0 amide bonds. The van der Waals surface area contributed by atoms with Crippen LogP contribution in [0.2, 0.25) is 0 Å². The Morgan fingerprint density at radius 2 is 1.95 bits per heavy atom. The van der Waals surface area contributed by atoms with Crippen LogP contribution in [0.1, 0.15) is 30.3 Å². The van der Waals surface area contributed by atoms with E-state index < -0.39 is 0 Å². The molecule has 0 bridgehead atoms. The number of nitrogen functional groups attached to an aromatic ring is 1. The smallest absolute Gasteiger partial charge is 0.160 e. The number of methoxy groups -OCH3 is 1. The number of nitrogens with one attached hydrogen (secondary N) is 1. The summed E-state index contributed by atoms with van der Waals surface area (Å²) in [7, 11) is 1.71. The number of nitrogens with zero attached hydrogens (tertiary/aromatic N) is 2. The molecule has 1 atom stereocenters. The molecule has 5 heteroatoms. The van der Waals surface area contributed by atoms with E-state index >= 15 is 0 Å². The minimum Gasteiger partial charge on any atom is -0.373 e. The van der Waals surface area contributed by atoms with Crippen molar-refractivity contribution in [1.82, 2.24) is 9.97 Å². The Bertz CT molecular complexity index is 626. The number of nitrogens with two attached hydrogens (primary N) is 1. The van der Waals surface area contributed by atoms with Crippen LogP contribution in [-0.2, 0) is 4.74 Å². The van der Waals surface area contributed by atoms with E-state index in [1.54, 1.807) is 7.11 Å². The summed E-state index contributed by atoms with van der Waals surface area (Å²) >= 11 is 0. The summed E-state index contributed by atoms with van der Waals surface area (Å²) in [6, 6.07) is 10.1. The van der Waals surface area contributed by atoms with Crippen LogP contribution in [0.15, 0.2) is 30.3 Å². The van der Waals surface area contributed by atoms with Crippen molar-refractivity contribution in [2.24, 2.45) is 11.8 Å². The molecule has 3 rings (SSSR count). The molecule has 1 fully saturated rings. The summed E-state index contributed by atoms with van der Waals surface area (Å²) in [5.41, 5.74) is 5.58. The van der Waals surface area contributed by atoms with Gasteiger partial charge in [-0.2, -0.15) is 0 Å². The van der Waals surface area contributed by atoms with E-state index in [2.05, 4.69) is 10.4 Å². The standard InChI is InChI=1S/C16H20N4O/c1-10-13(11-6-4-3-5-7-11)18-16(19-15(10)20-17)14(21-2)12-8-9-12/h3-7,12,14H,8-9,17H2,1-2H3,(H,18,19,20).